The molecule has 0 aromatic heterocycles. The highest BCUT2D eigenvalue weighted by Gasteiger charge is 2.33. The molecule has 26 heavy (non-hydrogen) atoms. The van der Waals surface area contributed by atoms with Crippen molar-refractivity contribution in [2.45, 2.75) is 32.2 Å². The number of hydrogen-bond acceptors (Lipinski definition) is 3. The second-order valence-electron chi connectivity index (χ2n) is 6.65. The molecule has 0 amide bonds. The van der Waals surface area contributed by atoms with Crippen LogP contribution in [0, 0.1) is 0 Å². The van der Waals surface area contributed by atoms with E-state index >= 15 is 0 Å². The Labute approximate surface area is 158 Å². The van der Waals surface area contributed by atoms with E-state index in [-0.39, 0.29) is 10.9 Å². The zero-order valence-corrected chi connectivity index (χ0v) is 15.9. The van der Waals surface area contributed by atoms with Gasteiger partial charge in [-0.3, -0.25) is 9.71 Å². The van der Waals surface area contributed by atoms with E-state index in [1.54, 1.807) is 31.2 Å². The Kier molecular flexibility index (Phi) is 4.37. The van der Waals surface area contributed by atoms with Gasteiger partial charge in [0.05, 0.1) is 6.04 Å². The van der Waals surface area contributed by atoms with Crippen molar-refractivity contribution in [3.8, 4) is 0 Å². The molecule has 1 heterocycles. The number of hydrogen-bond donors (Lipinski definition) is 1. The Morgan fingerprint density at radius 2 is 1.85 bits per heavy atom. The molecule has 1 aliphatic heterocycles. The molecule has 2 aliphatic rings. The molecule has 0 saturated carbocycles. The Balaban J connectivity index is 1.77. The summed E-state index contributed by atoms with van der Waals surface area (Å²) in [7, 11) is -3.62. The average Bonchev–Trinajstić information content (AvgIpc) is 2.85. The van der Waals surface area contributed by atoms with Gasteiger partial charge in [0.1, 0.15) is 10.7 Å². The van der Waals surface area contributed by atoms with Gasteiger partial charge >= 0.3 is 0 Å². The van der Waals surface area contributed by atoms with E-state index in [1.165, 1.54) is 11.1 Å². The van der Waals surface area contributed by atoms with Gasteiger partial charge in [0.15, 0.2) is 0 Å². The molecule has 0 spiro atoms. The average molecular weight is 387 g/mol. The summed E-state index contributed by atoms with van der Waals surface area (Å²) >= 11 is 5.93. The Morgan fingerprint density at radius 3 is 2.62 bits per heavy atom. The lowest BCUT2D eigenvalue weighted by Gasteiger charge is -2.22. The first-order chi connectivity index (χ1) is 12.5. The minimum absolute atomic E-state index is 0.0165. The first-order valence-electron chi connectivity index (χ1n) is 8.61. The van der Waals surface area contributed by atoms with Crippen LogP contribution < -0.4 is 4.72 Å². The molecule has 1 aliphatic carbocycles. The Morgan fingerprint density at radius 1 is 1.12 bits per heavy atom. The van der Waals surface area contributed by atoms with Crippen LogP contribution in [0.25, 0.3) is 4.91 Å². The summed E-state index contributed by atoms with van der Waals surface area (Å²) < 4.78 is 28.0. The van der Waals surface area contributed by atoms with Crippen LogP contribution in [0.3, 0.4) is 0 Å². The molecule has 0 bridgehead atoms. The summed E-state index contributed by atoms with van der Waals surface area (Å²) in [5.74, 6) is 0.441. The lowest BCUT2D eigenvalue weighted by Crippen LogP contribution is -2.24. The van der Waals surface area contributed by atoms with Crippen molar-refractivity contribution in [3.63, 3.8) is 0 Å². The van der Waals surface area contributed by atoms with Gasteiger partial charge in [-0.25, -0.2) is 8.42 Å². The van der Waals surface area contributed by atoms with Gasteiger partial charge in [0.2, 0.25) is 0 Å². The van der Waals surface area contributed by atoms with Crippen molar-refractivity contribution < 1.29 is 8.42 Å². The van der Waals surface area contributed by atoms with Gasteiger partial charge < -0.3 is 0 Å². The van der Waals surface area contributed by atoms with E-state index in [0.29, 0.717) is 22.0 Å². The summed E-state index contributed by atoms with van der Waals surface area (Å²) in [6.45, 7) is 1.80. The van der Waals surface area contributed by atoms with Crippen LogP contribution in [0.5, 0.6) is 0 Å². The van der Waals surface area contributed by atoms with E-state index < -0.39 is 10.0 Å². The van der Waals surface area contributed by atoms with Crippen LogP contribution in [0.4, 0.5) is 0 Å². The van der Waals surface area contributed by atoms with Crippen LogP contribution in [-0.2, 0) is 16.4 Å². The van der Waals surface area contributed by atoms with Crippen LogP contribution in [0.2, 0.25) is 5.02 Å². The quantitative estimate of drug-likeness (QED) is 0.827. The lowest BCUT2D eigenvalue weighted by molar-refractivity contribution is 0.571. The number of aliphatic imine (C=N–C) groups is 1. The molecule has 1 unspecified atom stereocenters. The number of amidine groups is 1. The van der Waals surface area contributed by atoms with Gasteiger partial charge in [-0.2, -0.15) is 0 Å². The smallest absolute Gasteiger partial charge is 0.263 e. The fraction of sp³-hybridized carbons (Fsp3) is 0.250. The summed E-state index contributed by atoms with van der Waals surface area (Å²) in [6, 6.07) is 15.1. The van der Waals surface area contributed by atoms with Gasteiger partial charge in [0.25, 0.3) is 10.0 Å². The lowest BCUT2D eigenvalue weighted by atomic mass is 9.88. The highest BCUT2D eigenvalue weighted by atomic mass is 35.5. The third-order valence-electron chi connectivity index (χ3n) is 4.92. The van der Waals surface area contributed by atoms with Crippen molar-refractivity contribution in [1.82, 2.24) is 4.72 Å². The van der Waals surface area contributed by atoms with Gasteiger partial charge in [-0.15, -0.1) is 0 Å². The zero-order valence-electron chi connectivity index (χ0n) is 14.4. The number of nitrogens with zero attached hydrogens (tertiary/aromatic N) is 1. The number of rotatable bonds is 2. The van der Waals surface area contributed by atoms with E-state index in [4.69, 9.17) is 16.6 Å². The zero-order chi connectivity index (χ0) is 18.3. The number of aryl methyl sites for hydroxylation is 1. The second-order valence-corrected chi connectivity index (χ2v) is 8.71. The number of fused-ring (bicyclic) bond motifs is 1. The number of halogens is 1. The van der Waals surface area contributed by atoms with E-state index in [9.17, 15) is 8.42 Å². The molecule has 4 rings (SSSR count). The monoisotopic (exact) mass is 386 g/mol. The van der Waals surface area contributed by atoms with Gasteiger partial charge in [-0.05, 0) is 55.0 Å². The van der Waals surface area contributed by atoms with E-state index in [1.807, 2.05) is 12.1 Å². The van der Waals surface area contributed by atoms with Crippen LogP contribution in [0.15, 0.2) is 59.1 Å². The minimum Gasteiger partial charge on any atom is -0.263 e. The van der Waals surface area contributed by atoms with Crippen molar-refractivity contribution in [2.75, 3.05) is 0 Å². The summed E-state index contributed by atoms with van der Waals surface area (Å²) in [5, 5.41) is 0.572. The van der Waals surface area contributed by atoms with Crippen LogP contribution >= 0.6 is 11.6 Å². The molecule has 4 nitrogen and oxygen atoms in total. The number of sulfonamides is 1. The molecular formula is C20H19ClN2O2S. The third kappa shape index (κ3) is 3.06. The van der Waals surface area contributed by atoms with Crippen LogP contribution in [0.1, 0.15) is 42.5 Å². The highest BCUT2D eigenvalue weighted by molar-refractivity contribution is 8.00. The molecule has 0 saturated heterocycles. The summed E-state index contributed by atoms with van der Waals surface area (Å²) in [4.78, 5) is 5.06. The molecule has 6 heteroatoms. The highest BCUT2D eigenvalue weighted by Crippen LogP contribution is 2.35. The molecule has 0 fully saturated rings. The Bertz CT molecular complexity index is 1020. The van der Waals surface area contributed by atoms with Gasteiger partial charge in [0, 0.05) is 10.6 Å². The summed E-state index contributed by atoms with van der Waals surface area (Å²) in [5.41, 5.74) is 3.76. The fourth-order valence-corrected chi connectivity index (χ4v) is 5.31. The normalized spacial score (nSPS) is 23.0. The van der Waals surface area contributed by atoms with Crippen molar-refractivity contribution in [1.29, 1.82) is 0 Å². The topological polar surface area (TPSA) is 58.5 Å². The molecule has 0 radical (unpaired) electrons. The molecule has 2 aromatic rings. The SMILES string of the molecule is CC1=C(c2ccc(Cl)cc2)S(=O)(=O)NC1=NC1CCCc2ccccc21. The molecule has 1 atom stereocenters. The maximum absolute atomic E-state index is 12.7. The number of benzene rings is 2. The fourth-order valence-electron chi connectivity index (χ4n) is 3.68. The maximum atomic E-state index is 12.7. The van der Waals surface area contributed by atoms with E-state index in [0.717, 1.165) is 19.3 Å². The maximum Gasteiger partial charge on any atom is 0.264 e. The van der Waals surface area contributed by atoms with Crippen molar-refractivity contribution >= 4 is 32.4 Å². The first-order valence-corrected chi connectivity index (χ1v) is 10.5. The molecule has 1 N–H and O–H groups in total. The van der Waals surface area contributed by atoms with E-state index in [2.05, 4.69) is 16.9 Å². The van der Waals surface area contributed by atoms with Crippen LogP contribution in [-0.4, -0.2) is 14.3 Å². The predicted octanol–water partition coefficient (Wildman–Crippen LogP) is 4.48. The predicted molar refractivity (Wildman–Crippen MR) is 106 cm³/mol. The summed E-state index contributed by atoms with van der Waals surface area (Å²) in [6.07, 6.45) is 3.03. The third-order valence-corrected chi connectivity index (χ3v) is 6.72. The standard InChI is InChI=1S/C20H19ClN2O2S/c1-13-19(15-9-11-16(21)12-10-15)26(24,25)23-20(13)22-18-8-4-6-14-5-2-3-7-17(14)18/h2-3,5,7,9-12,18H,4,6,8H2,1H3,(H,22,23). The molecule has 134 valence electrons. The first kappa shape index (κ1) is 17.3. The largest absolute Gasteiger partial charge is 0.264 e. The van der Waals surface area contributed by atoms with Gasteiger partial charge in [-0.1, -0.05) is 48.0 Å². The second kappa shape index (κ2) is 6.56. The molecule has 2 aromatic carbocycles. The Hall–Kier alpha value is -2.11. The molecular weight excluding hydrogens is 368 g/mol. The van der Waals surface area contributed by atoms with Crippen molar-refractivity contribution in [3.05, 3.63) is 75.8 Å². The van der Waals surface area contributed by atoms with Crippen molar-refractivity contribution in [2.24, 2.45) is 4.99 Å². The minimum atomic E-state index is -3.62. The number of nitrogens with one attached hydrogen (secondary N) is 1.